The number of ether oxygens (including phenoxy) is 2. The van der Waals surface area contributed by atoms with E-state index in [-0.39, 0.29) is 25.4 Å². The molecule has 1 aromatic carbocycles. The number of carbonyl (C=O) groups excluding carboxylic acids is 1. The van der Waals surface area contributed by atoms with Gasteiger partial charge in [-0.2, -0.15) is 0 Å². The lowest BCUT2D eigenvalue weighted by molar-refractivity contribution is -0.392. The molecule has 0 saturated heterocycles. The van der Waals surface area contributed by atoms with Crippen LogP contribution in [0.4, 0.5) is 5.82 Å². The second kappa shape index (κ2) is 7.39. The molecule has 0 aliphatic heterocycles. The molecule has 0 N–H and O–H groups in total. The number of hydrogen-bond donors (Lipinski definition) is 0. The monoisotopic (exact) mass is 319 g/mol. The van der Waals surface area contributed by atoms with Gasteiger partial charge >= 0.3 is 11.8 Å². The Morgan fingerprint density at radius 1 is 1.35 bits per heavy atom. The summed E-state index contributed by atoms with van der Waals surface area (Å²) < 4.78 is 11.6. The van der Waals surface area contributed by atoms with Crippen molar-refractivity contribution >= 4 is 11.8 Å². The number of aryl methyl sites for hydroxylation is 1. The molecule has 0 unspecified atom stereocenters. The standard InChI is InChI=1S/C15H17N3O5/c1-11-16-10-14(18(20)21)17(11)7-8-23-15(19)9-12-3-5-13(22-2)6-4-12/h3-6,10H,7-9H2,1-2H3. The predicted octanol–water partition coefficient (Wildman–Crippen LogP) is 1.89. The molecule has 8 heteroatoms. The Morgan fingerprint density at radius 2 is 2.04 bits per heavy atom. The Bertz CT molecular complexity index is 694. The highest BCUT2D eigenvalue weighted by molar-refractivity contribution is 5.72. The lowest BCUT2D eigenvalue weighted by Crippen LogP contribution is -2.15. The number of nitrogens with zero attached hydrogens (tertiary/aromatic N) is 3. The Balaban J connectivity index is 1.85. The van der Waals surface area contributed by atoms with Crippen molar-refractivity contribution in [3.05, 3.63) is 52.0 Å². The van der Waals surface area contributed by atoms with E-state index in [2.05, 4.69) is 4.98 Å². The van der Waals surface area contributed by atoms with Crippen molar-refractivity contribution in [1.29, 1.82) is 0 Å². The number of carbonyl (C=O) groups is 1. The maximum absolute atomic E-state index is 11.8. The average Bonchev–Trinajstić information content (AvgIpc) is 2.89. The maximum atomic E-state index is 11.8. The summed E-state index contributed by atoms with van der Waals surface area (Å²) in [6.45, 7) is 1.90. The number of rotatable bonds is 7. The molecule has 0 fully saturated rings. The molecular weight excluding hydrogens is 302 g/mol. The van der Waals surface area contributed by atoms with Gasteiger partial charge in [-0.3, -0.25) is 4.79 Å². The molecule has 0 aliphatic rings. The normalized spacial score (nSPS) is 10.3. The van der Waals surface area contributed by atoms with Gasteiger partial charge in [0, 0.05) is 6.92 Å². The number of aromatic nitrogens is 2. The second-order valence-corrected chi connectivity index (χ2v) is 4.82. The first kappa shape index (κ1) is 16.5. The highest BCUT2D eigenvalue weighted by Crippen LogP contribution is 2.14. The van der Waals surface area contributed by atoms with E-state index in [1.54, 1.807) is 38.3 Å². The summed E-state index contributed by atoms with van der Waals surface area (Å²) in [5.74, 6) is 0.706. The Labute approximate surface area is 132 Å². The number of esters is 1. The fourth-order valence-electron chi connectivity index (χ4n) is 2.09. The molecule has 1 heterocycles. The van der Waals surface area contributed by atoms with Crippen LogP contribution < -0.4 is 4.74 Å². The minimum Gasteiger partial charge on any atom is -0.497 e. The minimum absolute atomic E-state index is 0.0486. The Kier molecular flexibility index (Phi) is 5.29. The molecule has 122 valence electrons. The van der Waals surface area contributed by atoms with Crippen LogP contribution in [0.3, 0.4) is 0 Å². The van der Waals surface area contributed by atoms with Crippen LogP contribution in [0.15, 0.2) is 30.5 Å². The summed E-state index contributed by atoms with van der Waals surface area (Å²) in [4.78, 5) is 26.0. The summed E-state index contributed by atoms with van der Waals surface area (Å²) in [7, 11) is 1.57. The number of benzene rings is 1. The summed E-state index contributed by atoms with van der Waals surface area (Å²) in [6.07, 6.45) is 1.32. The van der Waals surface area contributed by atoms with Crippen LogP contribution in [0.2, 0.25) is 0 Å². The van der Waals surface area contributed by atoms with Crippen molar-refractivity contribution in [3.63, 3.8) is 0 Å². The van der Waals surface area contributed by atoms with Crippen LogP contribution in [-0.2, 0) is 22.5 Å². The van der Waals surface area contributed by atoms with Crippen LogP contribution >= 0.6 is 0 Å². The molecule has 0 saturated carbocycles. The third kappa shape index (κ3) is 4.29. The quantitative estimate of drug-likeness (QED) is 0.439. The van der Waals surface area contributed by atoms with Gasteiger partial charge < -0.3 is 19.6 Å². The smallest absolute Gasteiger partial charge is 0.342 e. The summed E-state index contributed by atoms with van der Waals surface area (Å²) >= 11 is 0. The van der Waals surface area contributed by atoms with Crippen molar-refractivity contribution in [2.24, 2.45) is 0 Å². The molecule has 8 nitrogen and oxygen atoms in total. The Morgan fingerprint density at radius 3 is 2.65 bits per heavy atom. The van der Waals surface area contributed by atoms with Crippen molar-refractivity contribution in [2.45, 2.75) is 19.9 Å². The van der Waals surface area contributed by atoms with Crippen molar-refractivity contribution in [1.82, 2.24) is 9.55 Å². The van der Waals surface area contributed by atoms with Gasteiger partial charge in [0.25, 0.3) is 0 Å². The first-order valence-electron chi connectivity index (χ1n) is 6.96. The lowest BCUT2D eigenvalue weighted by Gasteiger charge is -2.06. The molecule has 2 aromatic rings. The third-order valence-electron chi connectivity index (χ3n) is 3.31. The van der Waals surface area contributed by atoms with E-state index in [1.807, 2.05) is 0 Å². The summed E-state index contributed by atoms with van der Waals surface area (Å²) in [5.41, 5.74) is 0.806. The molecule has 2 rings (SSSR count). The SMILES string of the molecule is COc1ccc(CC(=O)OCCn2c([N+](=O)[O-])cnc2C)cc1. The van der Waals surface area contributed by atoms with Gasteiger partial charge in [-0.15, -0.1) is 0 Å². The first-order valence-corrected chi connectivity index (χ1v) is 6.96. The number of imidazole rings is 1. The van der Waals surface area contributed by atoms with E-state index in [0.29, 0.717) is 11.6 Å². The third-order valence-corrected chi connectivity index (χ3v) is 3.31. The molecule has 1 aromatic heterocycles. The van der Waals surface area contributed by atoms with Gasteiger partial charge in [-0.25, -0.2) is 9.55 Å². The number of methoxy groups -OCH3 is 1. The van der Waals surface area contributed by atoms with Crippen LogP contribution in [0.5, 0.6) is 5.75 Å². The van der Waals surface area contributed by atoms with E-state index in [4.69, 9.17) is 9.47 Å². The number of hydrogen-bond acceptors (Lipinski definition) is 6. The molecule has 23 heavy (non-hydrogen) atoms. The minimum atomic E-state index is -0.515. The lowest BCUT2D eigenvalue weighted by atomic mass is 10.1. The molecule has 0 spiro atoms. The number of nitro groups is 1. The van der Waals surface area contributed by atoms with E-state index in [1.165, 1.54) is 10.8 Å². The molecule has 0 radical (unpaired) electrons. The van der Waals surface area contributed by atoms with E-state index >= 15 is 0 Å². The van der Waals surface area contributed by atoms with Gasteiger partial charge in [0.15, 0.2) is 5.82 Å². The van der Waals surface area contributed by atoms with Crippen molar-refractivity contribution < 1.29 is 19.2 Å². The summed E-state index contributed by atoms with van der Waals surface area (Å²) in [6, 6.07) is 7.09. The highest BCUT2D eigenvalue weighted by Gasteiger charge is 2.17. The predicted molar refractivity (Wildman–Crippen MR) is 81.3 cm³/mol. The van der Waals surface area contributed by atoms with E-state index < -0.39 is 10.9 Å². The van der Waals surface area contributed by atoms with E-state index in [0.717, 1.165) is 5.56 Å². The van der Waals surface area contributed by atoms with E-state index in [9.17, 15) is 14.9 Å². The topological polar surface area (TPSA) is 96.5 Å². The zero-order chi connectivity index (χ0) is 16.8. The average molecular weight is 319 g/mol. The highest BCUT2D eigenvalue weighted by atomic mass is 16.6. The van der Waals surface area contributed by atoms with Gasteiger partial charge in [0.2, 0.25) is 0 Å². The molecule has 0 aliphatic carbocycles. The molecule has 0 amide bonds. The zero-order valence-corrected chi connectivity index (χ0v) is 12.9. The van der Waals surface area contributed by atoms with Gasteiger partial charge in [-0.05, 0) is 22.6 Å². The fourth-order valence-corrected chi connectivity index (χ4v) is 2.09. The fraction of sp³-hybridized carbons (Fsp3) is 0.333. The molecule has 0 bridgehead atoms. The molecule has 0 atom stereocenters. The molecular formula is C15H17N3O5. The van der Waals surface area contributed by atoms with Gasteiger partial charge in [0.05, 0.1) is 13.5 Å². The zero-order valence-electron chi connectivity index (χ0n) is 12.9. The first-order chi connectivity index (χ1) is 11.0. The second-order valence-electron chi connectivity index (χ2n) is 4.82. The van der Waals surface area contributed by atoms with Crippen molar-refractivity contribution in [2.75, 3.05) is 13.7 Å². The maximum Gasteiger partial charge on any atom is 0.342 e. The largest absolute Gasteiger partial charge is 0.497 e. The van der Waals surface area contributed by atoms with Gasteiger partial charge in [-0.1, -0.05) is 12.1 Å². The van der Waals surface area contributed by atoms with Crippen LogP contribution in [0.1, 0.15) is 11.4 Å². The Hall–Kier alpha value is -2.90. The van der Waals surface area contributed by atoms with Crippen LogP contribution in [0, 0.1) is 17.0 Å². The van der Waals surface area contributed by atoms with Gasteiger partial charge in [0.1, 0.15) is 25.1 Å². The summed E-state index contributed by atoms with van der Waals surface area (Å²) in [5, 5.41) is 10.9. The van der Waals surface area contributed by atoms with Crippen LogP contribution in [0.25, 0.3) is 0 Å². The van der Waals surface area contributed by atoms with Crippen LogP contribution in [-0.4, -0.2) is 34.2 Å². The van der Waals surface area contributed by atoms with Crippen molar-refractivity contribution in [3.8, 4) is 5.75 Å².